The Bertz CT molecular complexity index is 983. The van der Waals surface area contributed by atoms with Crippen LogP contribution in [-0.4, -0.2) is 87.8 Å². The fourth-order valence-corrected chi connectivity index (χ4v) is 4.00. The number of nitrogens with zero attached hydrogens (tertiary/aromatic N) is 5. The Morgan fingerprint density at radius 2 is 2.17 bits per heavy atom. The number of fused-ring (bicyclic) bond motifs is 2. The summed E-state index contributed by atoms with van der Waals surface area (Å²) < 4.78 is 13.2. The second-order valence-corrected chi connectivity index (χ2v) is 8.99. The van der Waals surface area contributed by atoms with E-state index in [1.165, 1.54) is 0 Å². The number of hydrogen-bond acceptors (Lipinski definition) is 7. The number of amides is 3. The summed E-state index contributed by atoms with van der Waals surface area (Å²) in [4.78, 5) is 29.2. The molecule has 35 heavy (non-hydrogen) atoms. The van der Waals surface area contributed by atoms with Gasteiger partial charge < -0.3 is 29.7 Å². The molecule has 1 aliphatic rings. The van der Waals surface area contributed by atoms with Crippen molar-refractivity contribution in [2.24, 2.45) is 5.92 Å². The van der Waals surface area contributed by atoms with Gasteiger partial charge in [-0.2, -0.15) is 0 Å². The molecule has 3 amide bonds. The zero-order chi connectivity index (χ0) is 25.4. The van der Waals surface area contributed by atoms with Crippen LogP contribution < -0.4 is 10.1 Å². The molecule has 0 fully saturated rings. The summed E-state index contributed by atoms with van der Waals surface area (Å²) in [6.07, 6.45) is 2.39. The minimum absolute atomic E-state index is 0.0287. The number of carbonyl (C=O) groups excluding carboxylic acids is 2. The molecule has 3 atom stereocenters. The molecule has 1 aromatic heterocycles. The van der Waals surface area contributed by atoms with Crippen molar-refractivity contribution < 1.29 is 24.2 Å². The van der Waals surface area contributed by atoms with Crippen LogP contribution in [0, 0.1) is 5.92 Å². The van der Waals surface area contributed by atoms with Crippen molar-refractivity contribution in [1.82, 2.24) is 24.8 Å². The van der Waals surface area contributed by atoms with Gasteiger partial charge in [0, 0.05) is 39.0 Å². The number of aryl methyl sites for hydroxylation is 1. The van der Waals surface area contributed by atoms with Gasteiger partial charge in [0.25, 0.3) is 0 Å². The number of ether oxygens (including phenoxy) is 2. The Balaban J connectivity index is 1.76. The summed E-state index contributed by atoms with van der Waals surface area (Å²) in [5, 5.41) is 20.9. The molecule has 2 bridgehead atoms. The van der Waals surface area contributed by atoms with Crippen LogP contribution in [0.1, 0.15) is 32.4 Å². The van der Waals surface area contributed by atoms with Gasteiger partial charge in [0.05, 0.1) is 44.4 Å². The van der Waals surface area contributed by atoms with E-state index in [-0.39, 0.29) is 43.7 Å². The predicted octanol–water partition coefficient (Wildman–Crippen LogP) is 1.98. The summed E-state index contributed by atoms with van der Waals surface area (Å²) in [5.41, 5.74) is 1.26. The van der Waals surface area contributed by atoms with Crippen LogP contribution in [-0.2, 0) is 22.7 Å². The first-order valence-corrected chi connectivity index (χ1v) is 11.9. The number of aliphatic hydroxyl groups excluding tert-OH is 1. The summed E-state index contributed by atoms with van der Waals surface area (Å²) >= 11 is 0. The van der Waals surface area contributed by atoms with E-state index in [4.69, 9.17) is 9.47 Å². The van der Waals surface area contributed by atoms with Gasteiger partial charge in [0.15, 0.2) is 0 Å². The average Bonchev–Trinajstić information content (AvgIpc) is 3.31. The molecule has 2 aromatic rings. The first-order chi connectivity index (χ1) is 16.8. The molecule has 0 aliphatic carbocycles. The Kier molecular flexibility index (Phi) is 9.44. The highest BCUT2D eigenvalue weighted by atomic mass is 16.5. The Labute approximate surface area is 206 Å². The molecule has 0 saturated carbocycles. The SMILES string of the molecule is COc1ccccc1NC(=O)N(C)C[C@H]1OCc2cn(nn2)CCCC(=O)N([C@@H](C)CO)C[C@@H]1C. The van der Waals surface area contributed by atoms with Crippen LogP contribution in [0.4, 0.5) is 10.5 Å². The third kappa shape index (κ3) is 7.15. The monoisotopic (exact) mass is 488 g/mol. The van der Waals surface area contributed by atoms with Gasteiger partial charge in [0.1, 0.15) is 11.4 Å². The third-order valence-electron chi connectivity index (χ3n) is 6.19. The molecule has 0 unspecified atom stereocenters. The Morgan fingerprint density at radius 1 is 1.40 bits per heavy atom. The lowest BCUT2D eigenvalue weighted by atomic mass is 10.0. The molecule has 1 aliphatic heterocycles. The lowest BCUT2D eigenvalue weighted by molar-refractivity contribution is -0.136. The summed E-state index contributed by atoms with van der Waals surface area (Å²) in [5.74, 6) is 0.417. The van der Waals surface area contributed by atoms with Gasteiger partial charge in [-0.25, -0.2) is 4.79 Å². The van der Waals surface area contributed by atoms with Gasteiger partial charge in [-0.1, -0.05) is 24.3 Å². The van der Waals surface area contributed by atoms with Crippen molar-refractivity contribution in [2.45, 2.75) is 52.0 Å². The summed E-state index contributed by atoms with van der Waals surface area (Å²) in [7, 11) is 3.24. The van der Waals surface area contributed by atoms with Gasteiger partial charge >= 0.3 is 6.03 Å². The number of hydrogen-bond donors (Lipinski definition) is 2. The van der Waals surface area contributed by atoms with Crippen LogP contribution in [0.15, 0.2) is 30.5 Å². The smallest absolute Gasteiger partial charge is 0.321 e. The molecule has 2 N–H and O–H groups in total. The summed E-state index contributed by atoms with van der Waals surface area (Å²) in [6.45, 7) is 5.18. The second kappa shape index (κ2) is 12.5. The highest BCUT2D eigenvalue weighted by Crippen LogP contribution is 2.24. The van der Waals surface area contributed by atoms with Gasteiger partial charge in [-0.05, 0) is 25.5 Å². The van der Waals surface area contributed by atoms with Gasteiger partial charge in [-0.3, -0.25) is 9.48 Å². The molecule has 3 rings (SSSR count). The normalized spacial score (nSPS) is 20.3. The molecule has 1 aromatic carbocycles. The Hall–Kier alpha value is -3.18. The van der Waals surface area contributed by atoms with Crippen molar-refractivity contribution in [3.63, 3.8) is 0 Å². The quantitative estimate of drug-likeness (QED) is 0.637. The van der Waals surface area contributed by atoms with E-state index in [0.29, 0.717) is 43.1 Å². The number of nitrogens with one attached hydrogen (secondary N) is 1. The van der Waals surface area contributed by atoms with E-state index in [2.05, 4.69) is 15.6 Å². The predicted molar refractivity (Wildman–Crippen MR) is 130 cm³/mol. The largest absolute Gasteiger partial charge is 0.495 e. The van der Waals surface area contributed by atoms with Crippen molar-refractivity contribution in [2.75, 3.05) is 39.2 Å². The molecule has 11 nitrogen and oxygen atoms in total. The van der Waals surface area contributed by atoms with Crippen LogP contribution >= 0.6 is 0 Å². The molecule has 0 spiro atoms. The van der Waals surface area contributed by atoms with E-state index in [0.717, 1.165) is 0 Å². The van der Waals surface area contributed by atoms with Crippen LogP contribution in [0.2, 0.25) is 0 Å². The second-order valence-electron chi connectivity index (χ2n) is 8.99. The van der Waals surface area contributed by atoms with Crippen LogP contribution in [0.25, 0.3) is 0 Å². The van der Waals surface area contributed by atoms with Gasteiger partial charge in [-0.15, -0.1) is 5.10 Å². The van der Waals surface area contributed by atoms with Crippen molar-refractivity contribution in [3.05, 3.63) is 36.2 Å². The average molecular weight is 489 g/mol. The van der Waals surface area contributed by atoms with Crippen molar-refractivity contribution >= 4 is 17.6 Å². The van der Waals surface area contributed by atoms with Crippen molar-refractivity contribution in [3.8, 4) is 5.75 Å². The maximum atomic E-state index is 13.0. The molecule has 192 valence electrons. The fraction of sp³-hybridized carbons (Fsp3) is 0.583. The molecular weight excluding hydrogens is 452 g/mol. The van der Waals surface area contributed by atoms with Crippen molar-refractivity contribution in [1.29, 1.82) is 0 Å². The minimum atomic E-state index is -0.393. The van der Waals surface area contributed by atoms with Gasteiger partial charge in [0.2, 0.25) is 5.91 Å². The number of carbonyl (C=O) groups is 2. The van der Waals surface area contributed by atoms with E-state index in [1.54, 1.807) is 40.8 Å². The van der Waals surface area contributed by atoms with Crippen LogP contribution in [0.3, 0.4) is 0 Å². The molecule has 11 heteroatoms. The number of methoxy groups -OCH3 is 1. The third-order valence-corrected chi connectivity index (χ3v) is 6.19. The topological polar surface area (TPSA) is 122 Å². The number of likely N-dealkylation sites (N-methyl/N-ethyl adjacent to an activating group) is 1. The van der Waals surface area contributed by atoms with E-state index in [9.17, 15) is 14.7 Å². The highest BCUT2D eigenvalue weighted by Gasteiger charge is 2.29. The number of urea groups is 1. The number of para-hydroxylation sites is 2. The number of aromatic nitrogens is 3. The number of anilines is 1. The van der Waals surface area contributed by atoms with E-state index >= 15 is 0 Å². The lowest BCUT2D eigenvalue weighted by Gasteiger charge is -2.35. The van der Waals surface area contributed by atoms with E-state index < -0.39 is 6.10 Å². The first-order valence-electron chi connectivity index (χ1n) is 11.9. The maximum Gasteiger partial charge on any atom is 0.321 e. The first kappa shape index (κ1) is 26.4. The number of rotatable bonds is 6. The minimum Gasteiger partial charge on any atom is -0.495 e. The van der Waals surface area contributed by atoms with Crippen LogP contribution in [0.5, 0.6) is 5.75 Å². The fourth-order valence-electron chi connectivity index (χ4n) is 4.00. The number of benzene rings is 1. The zero-order valence-corrected chi connectivity index (χ0v) is 20.9. The Morgan fingerprint density at radius 3 is 2.91 bits per heavy atom. The molecule has 2 heterocycles. The summed E-state index contributed by atoms with van der Waals surface area (Å²) in [6, 6.07) is 6.57. The molecular formula is C24H36N6O5. The zero-order valence-electron chi connectivity index (χ0n) is 20.9. The number of aliphatic hydroxyl groups is 1. The molecule has 0 radical (unpaired) electrons. The highest BCUT2D eigenvalue weighted by molar-refractivity contribution is 5.90. The standard InChI is InChI=1S/C24H36N6O5/c1-17-12-30(18(2)15-31)23(32)10-7-11-29-13-19(26-27-29)16-35-22(17)14-28(3)24(33)25-20-8-5-6-9-21(20)34-4/h5-6,8-9,13,17-18,22,31H,7,10-12,14-16H2,1-4H3,(H,25,33)/t17-,18-,22+/m0/s1. The molecule has 0 saturated heterocycles. The lowest BCUT2D eigenvalue weighted by Crippen LogP contribution is -2.48. The maximum absolute atomic E-state index is 13.0. The van der Waals surface area contributed by atoms with E-state index in [1.807, 2.05) is 32.2 Å².